The summed E-state index contributed by atoms with van der Waals surface area (Å²) < 4.78 is 0. The van der Waals surface area contributed by atoms with Gasteiger partial charge in [-0.2, -0.15) is 0 Å². The van der Waals surface area contributed by atoms with Crippen LogP contribution in [0.1, 0.15) is 6.42 Å². The number of amidine groups is 1. The van der Waals surface area contributed by atoms with Gasteiger partial charge < -0.3 is 16.4 Å². The van der Waals surface area contributed by atoms with Crippen molar-refractivity contribution in [2.45, 2.75) is 6.42 Å². The maximum absolute atomic E-state index is 11.3. The highest BCUT2D eigenvalue weighted by molar-refractivity contribution is 6.23. The quantitative estimate of drug-likeness (QED) is 0.417. The van der Waals surface area contributed by atoms with Crippen LogP contribution in [0.25, 0.3) is 0 Å². The zero-order valence-electron chi connectivity index (χ0n) is 6.55. The van der Waals surface area contributed by atoms with Crippen molar-refractivity contribution in [1.29, 1.82) is 0 Å². The molecule has 0 atom stereocenters. The van der Waals surface area contributed by atoms with Crippen LogP contribution in [-0.2, 0) is 4.79 Å². The molecule has 0 amide bonds. The Hall–Kier alpha value is -1.52. The molecule has 0 radical (unpaired) electrons. The first-order valence-electron chi connectivity index (χ1n) is 3.84. The summed E-state index contributed by atoms with van der Waals surface area (Å²) in [5.74, 6) is 1.15. The fourth-order valence-corrected chi connectivity index (χ4v) is 1.34. The topological polar surface area (TPSA) is 79.5 Å². The Morgan fingerprint density at radius 3 is 3.00 bits per heavy atom. The van der Waals surface area contributed by atoms with E-state index in [0.717, 1.165) is 0 Å². The lowest BCUT2D eigenvalue weighted by atomic mass is 10.0. The van der Waals surface area contributed by atoms with E-state index in [1.165, 1.54) is 0 Å². The summed E-state index contributed by atoms with van der Waals surface area (Å²) >= 11 is 0. The Morgan fingerprint density at radius 1 is 1.42 bits per heavy atom. The predicted octanol–water partition coefficient (Wildman–Crippen LogP) is -1.32. The van der Waals surface area contributed by atoms with Gasteiger partial charge >= 0.3 is 0 Å². The zero-order valence-corrected chi connectivity index (χ0v) is 6.55. The second-order valence-corrected chi connectivity index (χ2v) is 2.73. The highest BCUT2D eigenvalue weighted by Gasteiger charge is 2.25. The first-order valence-corrected chi connectivity index (χ1v) is 3.84. The average molecular weight is 166 g/mol. The van der Waals surface area contributed by atoms with Gasteiger partial charge in [0.25, 0.3) is 0 Å². The zero-order chi connectivity index (χ0) is 8.55. The number of nitrogens with two attached hydrogens (primary N) is 1. The summed E-state index contributed by atoms with van der Waals surface area (Å²) in [7, 11) is 0. The molecule has 1 saturated heterocycles. The number of piperidine rings is 1. The summed E-state index contributed by atoms with van der Waals surface area (Å²) in [6, 6.07) is 0. The molecule has 2 heterocycles. The van der Waals surface area contributed by atoms with Crippen LogP contribution in [0.2, 0.25) is 0 Å². The molecule has 2 rings (SSSR count). The molecule has 5 heteroatoms. The number of hydrogen-bond acceptors (Lipinski definition) is 5. The highest BCUT2D eigenvalue weighted by atomic mass is 16.1. The Bertz CT molecular complexity index is 292. The molecule has 64 valence electrons. The molecule has 0 aromatic rings. The average Bonchev–Trinajstić information content (AvgIpc) is 2.04. The maximum atomic E-state index is 11.3. The Labute approximate surface area is 69.7 Å². The largest absolute Gasteiger partial charge is 0.385 e. The van der Waals surface area contributed by atoms with Gasteiger partial charge in [0.2, 0.25) is 0 Å². The van der Waals surface area contributed by atoms with Gasteiger partial charge in [-0.15, -0.1) is 0 Å². The molecule has 0 bridgehead atoms. The van der Waals surface area contributed by atoms with Gasteiger partial charge in [0.1, 0.15) is 18.3 Å². The smallest absolute Gasteiger partial charge is 0.171 e. The SMILES string of the molecule is NC1=C2C(=O)CCNC2=NCN1. The molecule has 0 spiro atoms. The van der Waals surface area contributed by atoms with Crippen molar-refractivity contribution in [2.75, 3.05) is 13.2 Å². The van der Waals surface area contributed by atoms with Gasteiger partial charge in [0.05, 0.1) is 5.57 Å². The molecule has 4 N–H and O–H groups in total. The number of Topliss-reactive ketones (excluding diaryl/α,β-unsaturated/α-hetero) is 1. The lowest BCUT2D eigenvalue weighted by Crippen LogP contribution is -2.44. The van der Waals surface area contributed by atoms with Crippen LogP contribution in [0.5, 0.6) is 0 Å². The molecule has 0 aliphatic carbocycles. The molecule has 12 heavy (non-hydrogen) atoms. The van der Waals surface area contributed by atoms with Crippen molar-refractivity contribution in [3.8, 4) is 0 Å². The summed E-state index contributed by atoms with van der Waals surface area (Å²) in [4.78, 5) is 15.4. The van der Waals surface area contributed by atoms with Crippen molar-refractivity contribution in [3.05, 3.63) is 11.4 Å². The van der Waals surface area contributed by atoms with Crippen LogP contribution < -0.4 is 16.4 Å². The maximum Gasteiger partial charge on any atom is 0.171 e. The number of carbonyl (C=O) groups is 1. The minimum absolute atomic E-state index is 0.0669. The number of aliphatic imine (C=N–C) groups is 1. The van der Waals surface area contributed by atoms with Gasteiger partial charge in [-0.05, 0) is 0 Å². The summed E-state index contributed by atoms with van der Waals surface area (Å²) in [6.45, 7) is 1.11. The minimum atomic E-state index is 0.0669. The van der Waals surface area contributed by atoms with E-state index in [-0.39, 0.29) is 5.78 Å². The molecule has 1 fully saturated rings. The fraction of sp³-hybridized carbons (Fsp3) is 0.429. The van der Waals surface area contributed by atoms with E-state index in [4.69, 9.17) is 5.73 Å². The van der Waals surface area contributed by atoms with Crippen LogP contribution in [0.3, 0.4) is 0 Å². The van der Waals surface area contributed by atoms with Crippen molar-refractivity contribution in [2.24, 2.45) is 10.7 Å². The molecule has 0 unspecified atom stereocenters. The normalized spacial score (nSPS) is 22.3. The van der Waals surface area contributed by atoms with E-state index in [2.05, 4.69) is 15.6 Å². The molecular weight excluding hydrogens is 156 g/mol. The molecule has 0 saturated carbocycles. The first kappa shape index (κ1) is 7.15. The van der Waals surface area contributed by atoms with Gasteiger partial charge in [-0.3, -0.25) is 4.79 Å². The van der Waals surface area contributed by atoms with E-state index in [0.29, 0.717) is 36.9 Å². The summed E-state index contributed by atoms with van der Waals surface area (Å²) in [6.07, 6.45) is 0.497. The van der Waals surface area contributed by atoms with E-state index < -0.39 is 0 Å². The molecule has 0 aromatic carbocycles. The second-order valence-electron chi connectivity index (χ2n) is 2.73. The molecule has 0 aromatic heterocycles. The number of carbonyl (C=O) groups excluding carboxylic acids is 1. The fourth-order valence-electron chi connectivity index (χ4n) is 1.34. The third-order valence-electron chi connectivity index (χ3n) is 1.94. The highest BCUT2D eigenvalue weighted by Crippen LogP contribution is 2.11. The Balaban J connectivity index is 2.41. The number of fused-ring (bicyclic) bond motifs is 1. The van der Waals surface area contributed by atoms with Crippen molar-refractivity contribution in [1.82, 2.24) is 10.6 Å². The van der Waals surface area contributed by atoms with Crippen LogP contribution in [0, 0.1) is 0 Å². The van der Waals surface area contributed by atoms with Gasteiger partial charge in [0, 0.05) is 13.0 Å². The van der Waals surface area contributed by atoms with E-state index >= 15 is 0 Å². The summed E-state index contributed by atoms with van der Waals surface area (Å²) in [5.41, 5.74) is 6.13. The predicted molar refractivity (Wildman–Crippen MR) is 44.3 cm³/mol. The molecular formula is C7H10N4O. The van der Waals surface area contributed by atoms with Crippen molar-refractivity contribution in [3.63, 3.8) is 0 Å². The number of nitrogens with one attached hydrogen (secondary N) is 2. The standard InChI is InChI=1S/C7H10N4O/c8-6-5-4(12)1-2-9-7(5)11-3-10-6/h10H,1-3,8H2,(H,9,11). The minimum Gasteiger partial charge on any atom is -0.385 e. The van der Waals surface area contributed by atoms with Gasteiger partial charge in [0.15, 0.2) is 5.78 Å². The first-order chi connectivity index (χ1) is 5.79. The second kappa shape index (κ2) is 2.51. The third kappa shape index (κ3) is 0.939. The van der Waals surface area contributed by atoms with E-state index in [1.54, 1.807) is 0 Å². The monoisotopic (exact) mass is 166 g/mol. The number of rotatable bonds is 0. The number of hydrogen-bond donors (Lipinski definition) is 3. The van der Waals surface area contributed by atoms with E-state index in [9.17, 15) is 4.79 Å². The van der Waals surface area contributed by atoms with Crippen LogP contribution in [0.15, 0.2) is 16.4 Å². The van der Waals surface area contributed by atoms with Crippen LogP contribution in [-0.4, -0.2) is 24.8 Å². The number of ketones is 1. The summed E-state index contributed by atoms with van der Waals surface area (Å²) in [5, 5.41) is 5.85. The third-order valence-corrected chi connectivity index (χ3v) is 1.94. The van der Waals surface area contributed by atoms with Gasteiger partial charge in [-0.25, -0.2) is 4.99 Å². The van der Waals surface area contributed by atoms with Crippen LogP contribution >= 0.6 is 0 Å². The lowest BCUT2D eigenvalue weighted by Gasteiger charge is -2.23. The molecule has 2 aliphatic heterocycles. The Morgan fingerprint density at radius 2 is 2.25 bits per heavy atom. The molecule has 2 aliphatic rings. The number of nitrogens with zero attached hydrogens (tertiary/aromatic N) is 1. The lowest BCUT2D eigenvalue weighted by molar-refractivity contribution is -0.115. The van der Waals surface area contributed by atoms with Crippen molar-refractivity contribution < 1.29 is 4.79 Å². The van der Waals surface area contributed by atoms with Crippen molar-refractivity contribution >= 4 is 11.6 Å². The molecule has 5 nitrogen and oxygen atoms in total. The Kier molecular flexibility index (Phi) is 1.49. The van der Waals surface area contributed by atoms with Gasteiger partial charge in [-0.1, -0.05) is 0 Å². The van der Waals surface area contributed by atoms with Crippen LogP contribution in [0.4, 0.5) is 0 Å². The van der Waals surface area contributed by atoms with E-state index in [1.807, 2.05) is 0 Å².